The normalized spacial score (nSPS) is 11.2. The minimum atomic E-state index is -0.0166. The highest BCUT2D eigenvalue weighted by atomic mass is 35.5. The molecule has 1 rings (SSSR count). The number of halogens is 2. The van der Waals surface area contributed by atoms with Gasteiger partial charge in [-0.3, -0.25) is 4.79 Å². The number of rotatable bonds is 9. The number of hydrogen-bond donors (Lipinski definition) is 2. The van der Waals surface area contributed by atoms with Crippen molar-refractivity contribution in [2.75, 3.05) is 32.6 Å². The highest BCUT2D eigenvalue weighted by molar-refractivity contribution is 5.90. The van der Waals surface area contributed by atoms with Crippen molar-refractivity contribution < 1.29 is 9.53 Å². The summed E-state index contributed by atoms with van der Waals surface area (Å²) in [7, 11) is 4.08. The first-order chi connectivity index (χ1) is 9.97. The number of anilines is 1. The fraction of sp³-hybridized carbons (Fsp3) is 0.562. The van der Waals surface area contributed by atoms with Crippen LogP contribution in [0.25, 0.3) is 0 Å². The summed E-state index contributed by atoms with van der Waals surface area (Å²) < 4.78 is 5.68. The molecule has 0 radical (unpaired) electrons. The van der Waals surface area contributed by atoms with Gasteiger partial charge in [0, 0.05) is 30.8 Å². The van der Waals surface area contributed by atoms with Crippen LogP contribution in [0, 0.1) is 0 Å². The minimum absolute atomic E-state index is 0. The summed E-state index contributed by atoms with van der Waals surface area (Å²) >= 11 is 0. The lowest BCUT2D eigenvalue weighted by molar-refractivity contribution is -0.116. The molecular weight excluding hydrogens is 337 g/mol. The van der Waals surface area contributed by atoms with Crippen LogP contribution in [0.3, 0.4) is 0 Å². The molecule has 0 saturated carbocycles. The monoisotopic (exact) mass is 365 g/mol. The van der Waals surface area contributed by atoms with E-state index in [-0.39, 0.29) is 36.8 Å². The molecule has 0 aliphatic rings. The first kappa shape index (κ1) is 24.2. The van der Waals surface area contributed by atoms with Crippen molar-refractivity contribution in [3.63, 3.8) is 0 Å². The Kier molecular flexibility index (Phi) is 14.2. The van der Waals surface area contributed by atoms with Crippen LogP contribution in [0.2, 0.25) is 0 Å². The zero-order valence-electron chi connectivity index (χ0n) is 14.1. The summed E-state index contributed by atoms with van der Waals surface area (Å²) in [6.45, 7) is 3.56. The van der Waals surface area contributed by atoms with E-state index in [1.165, 1.54) is 0 Å². The summed E-state index contributed by atoms with van der Waals surface area (Å²) in [5.41, 5.74) is 6.40. The van der Waals surface area contributed by atoms with Crippen molar-refractivity contribution >= 4 is 36.4 Å². The molecular formula is C16H29Cl2N3O2. The van der Waals surface area contributed by atoms with E-state index in [0.717, 1.165) is 24.4 Å². The number of ether oxygens (including phenoxy) is 1. The molecule has 1 aromatic rings. The van der Waals surface area contributed by atoms with Gasteiger partial charge in [0.2, 0.25) is 5.91 Å². The summed E-state index contributed by atoms with van der Waals surface area (Å²) in [4.78, 5) is 13.9. The Balaban J connectivity index is 0. The van der Waals surface area contributed by atoms with Gasteiger partial charge in [0.1, 0.15) is 5.75 Å². The summed E-state index contributed by atoms with van der Waals surface area (Å²) in [5, 5.41) is 2.86. The van der Waals surface area contributed by atoms with E-state index in [1.54, 1.807) is 0 Å². The van der Waals surface area contributed by atoms with Gasteiger partial charge in [0.15, 0.2) is 0 Å². The molecule has 0 bridgehead atoms. The highest BCUT2D eigenvalue weighted by Crippen LogP contribution is 2.18. The zero-order valence-corrected chi connectivity index (χ0v) is 15.7. The van der Waals surface area contributed by atoms with E-state index in [4.69, 9.17) is 10.5 Å². The molecule has 0 aromatic heterocycles. The fourth-order valence-electron chi connectivity index (χ4n) is 1.82. The van der Waals surface area contributed by atoms with Crippen LogP contribution in [0.5, 0.6) is 5.75 Å². The molecule has 1 amide bonds. The summed E-state index contributed by atoms with van der Waals surface area (Å²) in [6.07, 6.45) is 2.09. The second-order valence-corrected chi connectivity index (χ2v) is 5.60. The van der Waals surface area contributed by atoms with Crippen LogP contribution in [0.4, 0.5) is 5.69 Å². The average molecular weight is 366 g/mol. The molecule has 0 aliphatic heterocycles. The molecule has 0 spiro atoms. The van der Waals surface area contributed by atoms with Crippen LogP contribution in [-0.2, 0) is 4.79 Å². The number of nitrogens with one attached hydrogen (secondary N) is 1. The quantitative estimate of drug-likeness (QED) is 0.660. The largest absolute Gasteiger partial charge is 0.493 e. The Morgan fingerprint density at radius 1 is 1.35 bits per heavy atom. The van der Waals surface area contributed by atoms with Gasteiger partial charge in [-0.1, -0.05) is 6.07 Å². The third-order valence-corrected chi connectivity index (χ3v) is 2.96. The number of nitrogens with two attached hydrogens (primary N) is 1. The molecule has 134 valence electrons. The summed E-state index contributed by atoms with van der Waals surface area (Å²) in [6, 6.07) is 7.52. The van der Waals surface area contributed by atoms with Crippen LogP contribution < -0.4 is 15.8 Å². The fourth-order valence-corrected chi connectivity index (χ4v) is 1.82. The molecule has 1 aromatic carbocycles. The minimum Gasteiger partial charge on any atom is -0.493 e. The third kappa shape index (κ3) is 12.1. The molecule has 5 nitrogen and oxygen atoms in total. The van der Waals surface area contributed by atoms with Gasteiger partial charge in [-0.15, -0.1) is 24.8 Å². The topological polar surface area (TPSA) is 67.6 Å². The summed E-state index contributed by atoms with van der Waals surface area (Å²) in [5.74, 6) is 0.760. The van der Waals surface area contributed by atoms with E-state index in [0.29, 0.717) is 19.4 Å². The van der Waals surface area contributed by atoms with Gasteiger partial charge in [0.05, 0.1) is 6.61 Å². The zero-order chi connectivity index (χ0) is 15.7. The molecule has 3 N–H and O–H groups in total. The van der Waals surface area contributed by atoms with Crippen molar-refractivity contribution in [1.82, 2.24) is 4.90 Å². The molecule has 1 unspecified atom stereocenters. The number of amides is 1. The highest BCUT2D eigenvalue weighted by Gasteiger charge is 2.05. The second kappa shape index (κ2) is 13.4. The molecule has 23 heavy (non-hydrogen) atoms. The van der Waals surface area contributed by atoms with Crippen LogP contribution in [0.15, 0.2) is 24.3 Å². The van der Waals surface area contributed by atoms with E-state index < -0.39 is 0 Å². The molecule has 7 heteroatoms. The number of benzene rings is 1. The van der Waals surface area contributed by atoms with Crippen LogP contribution >= 0.6 is 24.8 Å². The maximum absolute atomic E-state index is 11.8. The number of hydrogen-bond acceptors (Lipinski definition) is 4. The molecule has 0 aliphatic carbocycles. The predicted molar refractivity (Wildman–Crippen MR) is 101 cm³/mol. The average Bonchev–Trinajstić information content (AvgIpc) is 2.42. The number of carbonyl (C=O) groups is 1. The van der Waals surface area contributed by atoms with Crippen molar-refractivity contribution in [2.24, 2.45) is 5.73 Å². The maximum Gasteiger partial charge on any atom is 0.224 e. The van der Waals surface area contributed by atoms with E-state index in [1.807, 2.05) is 45.3 Å². The van der Waals surface area contributed by atoms with Gasteiger partial charge in [-0.2, -0.15) is 0 Å². The first-order valence-electron chi connectivity index (χ1n) is 7.40. The van der Waals surface area contributed by atoms with Gasteiger partial charge in [-0.05, 0) is 46.0 Å². The molecule has 0 fully saturated rings. The lowest BCUT2D eigenvalue weighted by atomic mass is 10.2. The molecule has 0 saturated heterocycles. The lowest BCUT2D eigenvalue weighted by Crippen LogP contribution is -2.19. The van der Waals surface area contributed by atoms with Gasteiger partial charge in [-0.25, -0.2) is 0 Å². The predicted octanol–water partition coefficient (Wildman–Crippen LogP) is 2.93. The standard InChI is InChI=1S/C16H27N3O2.2ClH/c1-13(17)8-9-16(20)18-14-6-4-7-15(12-14)21-11-5-10-19(2)3;;/h4,6-7,12-13H,5,8-11,17H2,1-3H3,(H,18,20);2*1H. The Labute approximate surface area is 151 Å². The number of nitrogens with zero attached hydrogens (tertiary/aromatic N) is 1. The van der Waals surface area contributed by atoms with Crippen molar-refractivity contribution in [1.29, 1.82) is 0 Å². The van der Waals surface area contributed by atoms with E-state index >= 15 is 0 Å². The molecule has 0 heterocycles. The van der Waals surface area contributed by atoms with E-state index in [2.05, 4.69) is 10.2 Å². The Bertz CT molecular complexity index is 443. The van der Waals surface area contributed by atoms with Crippen LogP contribution in [0.1, 0.15) is 26.2 Å². The van der Waals surface area contributed by atoms with Crippen molar-refractivity contribution in [3.05, 3.63) is 24.3 Å². The Morgan fingerprint density at radius 2 is 2.04 bits per heavy atom. The van der Waals surface area contributed by atoms with E-state index in [9.17, 15) is 4.79 Å². The van der Waals surface area contributed by atoms with Crippen LogP contribution in [-0.4, -0.2) is 44.1 Å². The maximum atomic E-state index is 11.8. The lowest BCUT2D eigenvalue weighted by Gasteiger charge is -2.11. The van der Waals surface area contributed by atoms with Gasteiger partial charge < -0.3 is 20.7 Å². The number of carbonyl (C=O) groups excluding carboxylic acids is 1. The first-order valence-corrected chi connectivity index (χ1v) is 7.40. The van der Waals surface area contributed by atoms with Crippen molar-refractivity contribution in [2.45, 2.75) is 32.2 Å². The third-order valence-electron chi connectivity index (χ3n) is 2.96. The SMILES string of the molecule is CC(N)CCC(=O)Nc1cccc(OCCCN(C)C)c1.Cl.Cl. The smallest absolute Gasteiger partial charge is 0.224 e. The second-order valence-electron chi connectivity index (χ2n) is 5.60. The Hall–Kier alpha value is -1.01. The Morgan fingerprint density at radius 3 is 2.65 bits per heavy atom. The van der Waals surface area contributed by atoms with Gasteiger partial charge in [0.25, 0.3) is 0 Å². The molecule has 1 atom stereocenters. The van der Waals surface area contributed by atoms with Crippen molar-refractivity contribution in [3.8, 4) is 5.75 Å². The van der Waals surface area contributed by atoms with Gasteiger partial charge >= 0.3 is 0 Å².